The van der Waals surface area contributed by atoms with E-state index in [0.717, 1.165) is 5.57 Å². The number of allylic oxidation sites excluding steroid dienone is 1. The predicted octanol–water partition coefficient (Wildman–Crippen LogP) is 9.39. The van der Waals surface area contributed by atoms with E-state index in [1.165, 1.54) is 50.1 Å². The molecule has 0 heteroatoms. The fraction of sp³-hybridized carbons (Fsp3) is 0.0303. The summed E-state index contributed by atoms with van der Waals surface area (Å²) in [6.45, 7) is 6.08. The highest BCUT2D eigenvalue weighted by Crippen LogP contribution is 2.31. The van der Waals surface area contributed by atoms with Crippen LogP contribution in [0.5, 0.6) is 0 Å². The molecule has 0 heterocycles. The van der Waals surface area contributed by atoms with E-state index in [2.05, 4.69) is 134 Å². The van der Waals surface area contributed by atoms with E-state index in [-0.39, 0.29) is 0 Å². The summed E-state index contributed by atoms with van der Waals surface area (Å²) in [6, 6.07) is 45.5. The first-order valence-electron chi connectivity index (χ1n) is 11.3. The molecule has 0 radical (unpaired) electrons. The zero-order chi connectivity index (χ0) is 22.6. The summed E-state index contributed by atoms with van der Waals surface area (Å²) >= 11 is 0. The average molecular weight is 423 g/mol. The second-order valence-corrected chi connectivity index (χ2v) is 8.47. The minimum atomic E-state index is 1.09. The summed E-state index contributed by atoms with van der Waals surface area (Å²) in [4.78, 5) is 0. The Kier molecular flexibility index (Phi) is 5.74. The highest BCUT2D eigenvalue weighted by molar-refractivity contribution is 5.79. The van der Waals surface area contributed by atoms with Crippen molar-refractivity contribution in [2.75, 3.05) is 0 Å². The van der Waals surface area contributed by atoms with Crippen LogP contribution in [0.2, 0.25) is 0 Å². The number of rotatable bonds is 5. The molecule has 0 aromatic heterocycles. The predicted molar refractivity (Wildman–Crippen MR) is 143 cm³/mol. The van der Waals surface area contributed by atoms with Crippen LogP contribution in [0.3, 0.4) is 0 Å². The molecule has 0 aliphatic rings. The van der Waals surface area contributed by atoms with E-state index < -0.39 is 0 Å². The molecule has 0 saturated heterocycles. The lowest BCUT2D eigenvalue weighted by Crippen LogP contribution is -1.85. The second-order valence-electron chi connectivity index (χ2n) is 8.47. The molecule has 0 N–H and O–H groups in total. The molecule has 5 aromatic rings. The van der Waals surface area contributed by atoms with Crippen LogP contribution < -0.4 is 0 Å². The van der Waals surface area contributed by atoms with Crippen molar-refractivity contribution in [1.82, 2.24) is 0 Å². The minimum Gasteiger partial charge on any atom is -0.0955 e. The third kappa shape index (κ3) is 4.56. The molecular weight excluding hydrogens is 396 g/mol. The molecule has 0 unspecified atom stereocenters. The molecule has 0 fully saturated rings. The van der Waals surface area contributed by atoms with Gasteiger partial charge >= 0.3 is 0 Å². The number of hydrogen-bond acceptors (Lipinski definition) is 0. The van der Waals surface area contributed by atoms with Crippen LogP contribution in [0, 0.1) is 0 Å². The average Bonchev–Trinajstić information content (AvgIpc) is 2.89. The maximum atomic E-state index is 4.04. The lowest BCUT2D eigenvalue weighted by molar-refractivity contribution is 1.55. The van der Waals surface area contributed by atoms with E-state index in [1.807, 2.05) is 6.92 Å². The zero-order valence-electron chi connectivity index (χ0n) is 18.8. The standard InChI is InChI=1S/C33H26/c1-24(2)25-17-19-27(20-18-25)29-12-7-14-31(22-29)33-16-8-15-32(23-33)30-13-6-11-28(21-30)26-9-4-3-5-10-26/h3-23H,1H2,2H3. The maximum Gasteiger partial charge on any atom is -0.0178 e. The van der Waals surface area contributed by atoms with Crippen molar-refractivity contribution in [1.29, 1.82) is 0 Å². The van der Waals surface area contributed by atoms with Crippen LogP contribution >= 0.6 is 0 Å². The van der Waals surface area contributed by atoms with Crippen molar-refractivity contribution in [2.45, 2.75) is 6.92 Å². The minimum absolute atomic E-state index is 1.09. The molecule has 5 rings (SSSR count). The van der Waals surface area contributed by atoms with Crippen LogP contribution in [-0.2, 0) is 0 Å². The first kappa shape index (κ1) is 20.7. The van der Waals surface area contributed by atoms with Crippen LogP contribution in [0.15, 0.2) is 134 Å². The molecule has 158 valence electrons. The number of hydrogen-bond donors (Lipinski definition) is 0. The Morgan fingerprint density at radius 1 is 0.394 bits per heavy atom. The van der Waals surface area contributed by atoms with Gasteiger partial charge in [-0.1, -0.05) is 121 Å². The Morgan fingerprint density at radius 3 is 1.12 bits per heavy atom. The third-order valence-corrected chi connectivity index (χ3v) is 6.07. The van der Waals surface area contributed by atoms with Crippen molar-refractivity contribution in [3.63, 3.8) is 0 Å². The van der Waals surface area contributed by atoms with Crippen molar-refractivity contribution in [2.24, 2.45) is 0 Å². The van der Waals surface area contributed by atoms with E-state index in [0.29, 0.717) is 0 Å². The van der Waals surface area contributed by atoms with Crippen LogP contribution in [-0.4, -0.2) is 0 Å². The molecule has 0 atom stereocenters. The molecule has 0 bridgehead atoms. The molecule has 5 aromatic carbocycles. The van der Waals surface area contributed by atoms with Crippen molar-refractivity contribution in [3.8, 4) is 44.5 Å². The van der Waals surface area contributed by atoms with E-state index >= 15 is 0 Å². The molecule has 0 spiro atoms. The van der Waals surface area contributed by atoms with E-state index in [1.54, 1.807) is 0 Å². The molecule has 0 saturated carbocycles. The first-order chi connectivity index (χ1) is 16.2. The first-order valence-corrected chi connectivity index (χ1v) is 11.3. The zero-order valence-corrected chi connectivity index (χ0v) is 18.8. The smallest absolute Gasteiger partial charge is 0.0178 e. The molecule has 0 aliphatic heterocycles. The normalized spacial score (nSPS) is 10.7. The second kappa shape index (κ2) is 9.14. The lowest BCUT2D eigenvalue weighted by atomic mass is 9.94. The van der Waals surface area contributed by atoms with Gasteiger partial charge in [-0.25, -0.2) is 0 Å². The molecular formula is C33H26. The van der Waals surface area contributed by atoms with Gasteiger partial charge in [0.05, 0.1) is 0 Å². The highest BCUT2D eigenvalue weighted by Gasteiger charge is 2.06. The van der Waals surface area contributed by atoms with Gasteiger partial charge in [-0.15, -0.1) is 0 Å². The summed E-state index contributed by atoms with van der Waals surface area (Å²) in [5.74, 6) is 0. The summed E-state index contributed by atoms with van der Waals surface area (Å²) in [5.41, 5.74) is 12.1. The fourth-order valence-corrected chi connectivity index (χ4v) is 4.21. The summed E-state index contributed by atoms with van der Waals surface area (Å²) in [7, 11) is 0. The monoisotopic (exact) mass is 422 g/mol. The van der Waals surface area contributed by atoms with Crippen molar-refractivity contribution in [3.05, 3.63) is 140 Å². The molecule has 0 amide bonds. The van der Waals surface area contributed by atoms with Gasteiger partial charge in [0.15, 0.2) is 0 Å². The SMILES string of the molecule is C=C(C)c1ccc(-c2cccc(-c3cccc(-c4cccc(-c5ccccc5)c4)c3)c2)cc1. The van der Waals surface area contributed by atoms with Gasteiger partial charge in [0.2, 0.25) is 0 Å². The van der Waals surface area contributed by atoms with Crippen LogP contribution in [0.4, 0.5) is 0 Å². The Labute approximate surface area is 196 Å². The third-order valence-electron chi connectivity index (χ3n) is 6.07. The van der Waals surface area contributed by atoms with Gasteiger partial charge in [0.25, 0.3) is 0 Å². The van der Waals surface area contributed by atoms with Gasteiger partial charge in [-0.3, -0.25) is 0 Å². The fourth-order valence-electron chi connectivity index (χ4n) is 4.21. The Bertz CT molecular complexity index is 1410. The molecule has 0 aliphatic carbocycles. The van der Waals surface area contributed by atoms with Gasteiger partial charge in [0, 0.05) is 0 Å². The van der Waals surface area contributed by atoms with Crippen molar-refractivity contribution < 1.29 is 0 Å². The highest BCUT2D eigenvalue weighted by atomic mass is 14.1. The van der Waals surface area contributed by atoms with Gasteiger partial charge in [-0.05, 0) is 75.2 Å². The summed E-state index contributed by atoms with van der Waals surface area (Å²) in [5, 5.41) is 0. The van der Waals surface area contributed by atoms with E-state index in [9.17, 15) is 0 Å². The van der Waals surface area contributed by atoms with Crippen molar-refractivity contribution >= 4 is 5.57 Å². The molecule has 33 heavy (non-hydrogen) atoms. The maximum absolute atomic E-state index is 4.04. The molecule has 0 nitrogen and oxygen atoms in total. The van der Waals surface area contributed by atoms with Crippen LogP contribution in [0.1, 0.15) is 12.5 Å². The quantitative estimate of drug-likeness (QED) is 0.265. The summed E-state index contributed by atoms with van der Waals surface area (Å²) in [6.07, 6.45) is 0. The van der Waals surface area contributed by atoms with Crippen LogP contribution in [0.25, 0.3) is 50.1 Å². The Hall–Kier alpha value is -4.16. The lowest BCUT2D eigenvalue weighted by Gasteiger charge is -2.10. The van der Waals surface area contributed by atoms with Gasteiger partial charge in [-0.2, -0.15) is 0 Å². The largest absolute Gasteiger partial charge is 0.0955 e. The van der Waals surface area contributed by atoms with Gasteiger partial charge in [0.1, 0.15) is 0 Å². The summed E-state index contributed by atoms with van der Waals surface area (Å²) < 4.78 is 0. The number of benzene rings is 5. The Morgan fingerprint density at radius 2 is 0.727 bits per heavy atom. The Balaban J connectivity index is 1.48. The van der Waals surface area contributed by atoms with Gasteiger partial charge < -0.3 is 0 Å². The topological polar surface area (TPSA) is 0 Å². The van der Waals surface area contributed by atoms with E-state index in [4.69, 9.17) is 0 Å².